The molecule has 1 aromatic heterocycles. The van der Waals surface area contributed by atoms with Gasteiger partial charge >= 0.3 is 0 Å². The molecule has 0 fully saturated rings. The standard InChI is InChI=1S/C6H5ClFNO/c7-6(8)5(10)4-2-1-3-9-4/h1-3,6,9H. The molecule has 1 atom stereocenters. The van der Waals surface area contributed by atoms with Crippen molar-refractivity contribution in [1.29, 1.82) is 0 Å². The first kappa shape index (κ1) is 7.28. The van der Waals surface area contributed by atoms with Crippen LogP contribution in [-0.2, 0) is 0 Å². The van der Waals surface area contributed by atoms with E-state index in [1.165, 1.54) is 12.3 Å². The average molecular weight is 162 g/mol. The maximum absolute atomic E-state index is 12.1. The molecule has 0 amide bonds. The number of carbonyl (C=O) groups excluding carboxylic acids is 1. The normalized spacial score (nSPS) is 13.0. The highest BCUT2D eigenvalue weighted by atomic mass is 35.5. The van der Waals surface area contributed by atoms with Gasteiger partial charge in [0, 0.05) is 6.20 Å². The van der Waals surface area contributed by atoms with Gasteiger partial charge in [-0.25, -0.2) is 4.39 Å². The first-order valence-electron chi connectivity index (χ1n) is 2.67. The lowest BCUT2D eigenvalue weighted by molar-refractivity contribution is 0.0930. The molecule has 0 saturated carbocycles. The molecule has 0 aliphatic carbocycles. The Labute approximate surface area is 62.0 Å². The first-order chi connectivity index (χ1) is 4.72. The monoisotopic (exact) mass is 161 g/mol. The third-order valence-corrected chi connectivity index (χ3v) is 1.26. The third-order valence-electron chi connectivity index (χ3n) is 1.06. The second-order valence-corrected chi connectivity index (χ2v) is 2.13. The Kier molecular flexibility index (Phi) is 2.06. The molecular weight excluding hydrogens is 157 g/mol. The van der Waals surface area contributed by atoms with Crippen LogP contribution in [0.1, 0.15) is 10.5 Å². The fourth-order valence-electron chi connectivity index (χ4n) is 0.601. The van der Waals surface area contributed by atoms with E-state index in [1.807, 2.05) is 0 Å². The SMILES string of the molecule is O=C(c1ccc[nH]1)C(F)Cl. The summed E-state index contributed by atoms with van der Waals surface area (Å²) >= 11 is 4.88. The summed E-state index contributed by atoms with van der Waals surface area (Å²) in [7, 11) is 0. The number of aromatic nitrogens is 1. The fraction of sp³-hybridized carbons (Fsp3) is 0.167. The molecular formula is C6H5ClFNO. The molecule has 0 saturated heterocycles. The van der Waals surface area contributed by atoms with Crippen LogP contribution in [0.4, 0.5) is 4.39 Å². The predicted molar refractivity (Wildman–Crippen MR) is 35.9 cm³/mol. The second kappa shape index (κ2) is 2.84. The lowest BCUT2D eigenvalue weighted by atomic mass is 10.3. The van der Waals surface area contributed by atoms with Crippen LogP contribution in [0.15, 0.2) is 18.3 Å². The van der Waals surface area contributed by atoms with Crippen LogP contribution in [0.2, 0.25) is 0 Å². The molecule has 1 N–H and O–H groups in total. The molecule has 1 unspecified atom stereocenters. The van der Waals surface area contributed by atoms with E-state index in [2.05, 4.69) is 4.98 Å². The molecule has 0 bridgehead atoms. The van der Waals surface area contributed by atoms with Crippen LogP contribution in [0.5, 0.6) is 0 Å². The minimum Gasteiger partial charge on any atom is -0.359 e. The van der Waals surface area contributed by atoms with Crippen molar-refractivity contribution in [2.75, 3.05) is 0 Å². The van der Waals surface area contributed by atoms with E-state index in [0.29, 0.717) is 0 Å². The summed E-state index contributed by atoms with van der Waals surface area (Å²) in [5, 5.41) is 0. The van der Waals surface area contributed by atoms with Crippen molar-refractivity contribution >= 4 is 17.4 Å². The molecule has 54 valence electrons. The fourth-order valence-corrected chi connectivity index (χ4v) is 0.719. The number of hydrogen-bond donors (Lipinski definition) is 1. The van der Waals surface area contributed by atoms with Crippen LogP contribution < -0.4 is 0 Å². The highest BCUT2D eigenvalue weighted by Gasteiger charge is 2.15. The molecule has 0 aromatic carbocycles. The largest absolute Gasteiger partial charge is 0.359 e. The summed E-state index contributed by atoms with van der Waals surface area (Å²) < 4.78 is 12.1. The zero-order chi connectivity index (χ0) is 7.56. The number of aromatic amines is 1. The quantitative estimate of drug-likeness (QED) is 0.520. The highest BCUT2D eigenvalue weighted by molar-refractivity contribution is 6.32. The van der Waals surface area contributed by atoms with Gasteiger partial charge in [0.15, 0.2) is 0 Å². The maximum atomic E-state index is 12.1. The molecule has 1 aromatic rings. The van der Waals surface area contributed by atoms with Gasteiger partial charge in [-0.05, 0) is 12.1 Å². The molecule has 10 heavy (non-hydrogen) atoms. The smallest absolute Gasteiger partial charge is 0.237 e. The zero-order valence-corrected chi connectivity index (χ0v) is 5.73. The van der Waals surface area contributed by atoms with Crippen molar-refractivity contribution in [3.05, 3.63) is 24.0 Å². The lowest BCUT2D eigenvalue weighted by Crippen LogP contribution is -2.08. The van der Waals surface area contributed by atoms with E-state index >= 15 is 0 Å². The molecule has 0 radical (unpaired) electrons. The van der Waals surface area contributed by atoms with Crippen molar-refractivity contribution in [3.8, 4) is 0 Å². The van der Waals surface area contributed by atoms with Crippen LogP contribution in [0.3, 0.4) is 0 Å². The number of carbonyl (C=O) groups is 1. The van der Waals surface area contributed by atoms with E-state index < -0.39 is 11.4 Å². The Morgan fingerprint density at radius 2 is 2.50 bits per heavy atom. The Morgan fingerprint density at radius 3 is 2.90 bits per heavy atom. The van der Waals surface area contributed by atoms with Gasteiger partial charge in [-0.2, -0.15) is 0 Å². The van der Waals surface area contributed by atoms with Gasteiger partial charge in [-0.15, -0.1) is 0 Å². The number of rotatable bonds is 2. The topological polar surface area (TPSA) is 32.9 Å². The van der Waals surface area contributed by atoms with Gasteiger partial charge in [0.1, 0.15) is 0 Å². The molecule has 0 aliphatic rings. The van der Waals surface area contributed by atoms with Crippen LogP contribution in [0, 0.1) is 0 Å². The van der Waals surface area contributed by atoms with Crippen LogP contribution >= 0.6 is 11.6 Å². The van der Waals surface area contributed by atoms with Gasteiger partial charge in [0.2, 0.25) is 11.4 Å². The summed E-state index contributed by atoms with van der Waals surface area (Å²) in [5.74, 6) is -0.730. The first-order valence-corrected chi connectivity index (χ1v) is 3.11. The van der Waals surface area contributed by atoms with E-state index in [-0.39, 0.29) is 5.69 Å². The molecule has 0 aliphatic heterocycles. The van der Waals surface area contributed by atoms with Crippen molar-refractivity contribution < 1.29 is 9.18 Å². The second-order valence-electron chi connectivity index (χ2n) is 1.75. The number of ketones is 1. The van der Waals surface area contributed by atoms with Crippen molar-refractivity contribution in [3.63, 3.8) is 0 Å². The Balaban J connectivity index is 2.78. The minimum atomic E-state index is -1.95. The van der Waals surface area contributed by atoms with Crippen LogP contribution in [0.25, 0.3) is 0 Å². The van der Waals surface area contributed by atoms with Gasteiger partial charge in [0.05, 0.1) is 5.69 Å². The van der Waals surface area contributed by atoms with E-state index in [1.54, 1.807) is 6.07 Å². The minimum absolute atomic E-state index is 0.197. The lowest BCUT2D eigenvalue weighted by Gasteiger charge is -1.93. The van der Waals surface area contributed by atoms with E-state index in [4.69, 9.17) is 11.6 Å². The molecule has 2 nitrogen and oxygen atoms in total. The molecule has 1 rings (SSSR count). The van der Waals surface area contributed by atoms with E-state index in [0.717, 1.165) is 0 Å². The van der Waals surface area contributed by atoms with Gasteiger partial charge in [-0.3, -0.25) is 4.79 Å². The van der Waals surface area contributed by atoms with Crippen molar-refractivity contribution in [2.45, 2.75) is 5.63 Å². The third kappa shape index (κ3) is 1.36. The summed E-state index contributed by atoms with van der Waals surface area (Å²) in [6.07, 6.45) is 1.53. The van der Waals surface area contributed by atoms with Gasteiger partial charge in [0.25, 0.3) is 0 Å². The molecule has 4 heteroatoms. The summed E-state index contributed by atoms with van der Waals surface area (Å²) in [6.45, 7) is 0. The maximum Gasteiger partial charge on any atom is 0.237 e. The Hall–Kier alpha value is -0.830. The van der Waals surface area contributed by atoms with Crippen molar-refractivity contribution in [2.24, 2.45) is 0 Å². The molecule has 1 heterocycles. The van der Waals surface area contributed by atoms with Crippen molar-refractivity contribution in [1.82, 2.24) is 4.98 Å². The summed E-state index contributed by atoms with van der Waals surface area (Å²) in [5.41, 5.74) is -1.75. The summed E-state index contributed by atoms with van der Waals surface area (Å²) in [4.78, 5) is 13.2. The summed E-state index contributed by atoms with van der Waals surface area (Å²) in [6, 6.07) is 3.07. The number of nitrogens with one attached hydrogen (secondary N) is 1. The zero-order valence-electron chi connectivity index (χ0n) is 4.97. The van der Waals surface area contributed by atoms with Gasteiger partial charge in [-0.1, -0.05) is 11.6 Å². The van der Waals surface area contributed by atoms with E-state index in [9.17, 15) is 9.18 Å². The number of H-pyrrole nitrogens is 1. The predicted octanol–water partition coefficient (Wildman–Crippen LogP) is 1.73. The Morgan fingerprint density at radius 1 is 1.80 bits per heavy atom. The van der Waals surface area contributed by atoms with Crippen LogP contribution in [-0.4, -0.2) is 16.4 Å². The average Bonchev–Trinajstić information content (AvgIpc) is 2.36. The number of Topliss-reactive ketones (excluding diaryl/α,β-unsaturated/α-hetero) is 1. The van der Waals surface area contributed by atoms with Gasteiger partial charge < -0.3 is 4.98 Å². The number of hydrogen-bond acceptors (Lipinski definition) is 1. The Bertz CT molecular complexity index is 220. The molecule has 0 spiro atoms. The highest BCUT2D eigenvalue weighted by Crippen LogP contribution is 2.06. The number of halogens is 2. The number of alkyl halides is 2.